The van der Waals surface area contributed by atoms with Crippen LogP contribution in [-0.4, -0.2) is 23.7 Å². The molecule has 0 saturated carbocycles. The smallest absolute Gasteiger partial charge is 0.308 e. The lowest BCUT2D eigenvalue weighted by atomic mass is 10.1. The van der Waals surface area contributed by atoms with Crippen molar-refractivity contribution in [2.45, 2.75) is 6.92 Å². The number of nitrogens with one attached hydrogen (secondary N) is 2. The van der Waals surface area contributed by atoms with Crippen LogP contribution in [0.15, 0.2) is 66.7 Å². The molecule has 0 atom stereocenters. The number of carbonyl (C=O) groups excluding carboxylic acids is 4. The van der Waals surface area contributed by atoms with Gasteiger partial charge in [-0.3, -0.25) is 24.5 Å². The molecule has 1 aliphatic heterocycles. The van der Waals surface area contributed by atoms with Crippen molar-refractivity contribution in [1.82, 2.24) is 5.32 Å². The molecular formula is C23H16N2O6. The van der Waals surface area contributed by atoms with Gasteiger partial charge in [-0.2, -0.15) is 0 Å². The summed E-state index contributed by atoms with van der Waals surface area (Å²) in [7, 11) is 0. The minimum Gasteiger partial charge on any atom is -0.457 e. The van der Waals surface area contributed by atoms with E-state index in [1.807, 2.05) is 0 Å². The first-order valence-electron chi connectivity index (χ1n) is 9.26. The van der Waals surface area contributed by atoms with Crippen molar-refractivity contribution < 1.29 is 28.7 Å². The van der Waals surface area contributed by atoms with E-state index in [9.17, 15) is 19.2 Å². The minimum absolute atomic E-state index is 0.250. The summed E-state index contributed by atoms with van der Waals surface area (Å²) in [6, 6.07) is 17.5. The van der Waals surface area contributed by atoms with Crippen molar-refractivity contribution in [2.24, 2.45) is 0 Å². The van der Waals surface area contributed by atoms with Gasteiger partial charge in [-0.1, -0.05) is 12.1 Å². The number of amides is 3. The van der Waals surface area contributed by atoms with Crippen molar-refractivity contribution >= 4 is 29.4 Å². The fraction of sp³-hybridized carbons (Fsp3) is 0.0435. The van der Waals surface area contributed by atoms with Crippen molar-refractivity contribution in [1.29, 1.82) is 0 Å². The molecule has 4 rings (SSSR count). The molecule has 0 spiro atoms. The standard InChI is InChI=1S/C23H16N2O6/c1-13(26)30-16-6-2-4-14(10-16)21(27)24-15-5-3-7-17(11-15)31-18-8-9-19-20(12-18)23(29)25-22(19)28/h2-12H,1H3,(H,24,27)(H,25,28,29). The number of hydrogen-bond donors (Lipinski definition) is 2. The van der Waals surface area contributed by atoms with Crippen molar-refractivity contribution in [3.8, 4) is 17.2 Å². The normalized spacial score (nSPS) is 12.0. The van der Waals surface area contributed by atoms with Crippen molar-refractivity contribution in [3.63, 3.8) is 0 Å². The number of anilines is 1. The third kappa shape index (κ3) is 4.43. The van der Waals surface area contributed by atoms with E-state index in [1.165, 1.54) is 25.1 Å². The highest BCUT2D eigenvalue weighted by Gasteiger charge is 2.27. The highest BCUT2D eigenvalue weighted by atomic mass is 16.5. The monoisotopic (exact) mass is 416 g/mol. The van der Waals surface area contributed by atoms with Gasteiger partial charge in [-0.25, -0.2) is 0 Å². The summed E-state index contributed by atoms with van der Waals surface area (Å²) in [6.45, 7) is 1.28. The fourth-order valence-corrected chi connectivity index (χ4v) is 3.05. The quantitative estimate of drug-likeness (QED) is 0.374. The Labute approximate surface area is 176 Å². The van der Waals surface area contributed by atoms with Gasteiger partial charge in [0.2, 0.25) is 0 Å². The molecule has 0 unspecified atom stereocenters. The van der Waals surface area contributed by atoms with E-state index < -0.39 is 17.8 Å². The Morgan fingerprint density at radius 2 is 1.52 bits per heavy atom. The average molecular weight is 416 g/mol. The first-order chi connectivity index (χ1) is 14.9. The number of fused-ring (bicyclic) bond motifs is 1. The Hall–Kier alpha value is -4.46. The van der Waals surface area contributed by atoms with Gasteiger partial charge in [-0.15, -0.1) is 0 Å². The summed E-state index contributed by atoms with van der Waals surface area (Å²) in [5.74, 6) is -0.695. The molecule has 3 aromatic carbocycles. The van der Waals surface area contributed by atoms with Crippen LogP contribution in [0.2, 0.25) is 0 Å². The van der Waals surface area contributed by atoms with Crippen LogP contribution in [0.3, 0.4) is 0 Å². The number of ether oxygens (including phenoxy) is 2. The van der Waals surface area contributed by atoms with Crippen LogP contribution in [0.4, 0.5) is 5.69 Å². The van der Waals surface area contributed by atoms with E-state index in [-0.39, 0.29) is 17.2 Å². The molecule has 0 aliphatic carbocycles. The SMILES string of the molecule is CC(=O)Oc1cccc(C(=O)Nc2cccc(Oc3ccc4c(c3)C(=O)NC4=O)c2)c1. The number of carbonyl (C=O) groups is 4. The van der Waals surface area contributed by atoms with Gasteiger partial charge in [0.15, 0.2) is 0 Å². The van der Waals surface area contributed by atoms with Crippen LogP contribution in [-0.2, 0) is 4.79 Å². The Balaban J connectivity index is 1.48. The summed E-state index contributed by atoms with van der Waals surface area (Å²) in [5, 5.41) is 4.98. The summed E-state index contributed by atoms with van der Waals surface area (Å²) in [6.07, 6.45) is 0. The van der Waals surface area contributed by atoms with Crippen LogP contribution >= 0.6 is 0 Å². The van der Waals surface area contributed by atoms with Crippen LogP contribution in [0.25, 0.3) is 0 Å². The van der Waals surface area contributed by atoms with E-state index in [4.69, 9.17) is 9.47 Å². The van der Waals surface area contributed by atoms with Gasteiger partial charge in [0.25, 0.3) is 17.7 Å². The second-order valence-electron chi connectivity index (χ2n) is 6.70. The van der Waals surface area contributed by atoms with Crippen LogP contribution in [0, 0.1) is 0 Å². The zero-order valence-corrected chi connectivity index (χ0v) is 16.3. The molecule has 8 nitrogen and oxygen atoms in total. The minimum atomic E-state index is -0.476. The Bertz CT molecular complexity index is 1230. The van der Waals surface area contributed by atoms with Crippen LogP contribution in [0.5, 0.6) is 17.2 Å². The average Bonchev–Trinajstić information content (AvgIpc) is 3.01. The Morgan fingerprint density at radius 1 is 0.806 bits per heavy atom. The number of rotatable bonds is 5. The molecule has 0 aromatic heterocycles. The highest BCUT2D eigenvalue weighted by molar-refractivity contribution is 6.21. The number of benzene rings is 3. The Morgan fingerprint density at radius 3 is 2.32 bits per heavy atom. The predicted molar refractivity (Wildman–Crippen MR) is 110 cm³/mol. The largest absolute Gasteiger partial charge is 0.457 e. The number of hydrogen-bond acceptors (Lipinski definition) is 6. The van der Waals surface area contributed by atoms with E-state index in [1.54, 1.807) is 48.5 Å². The zero-order chi connectivity index (χ0) is 22.0. The first kappa shape index (κ1) is 19.8. The van der Waals surface area contributed by atoms with Gasteiger partial charge < -0.3 is 14.8 Å². The van der Waals surface area contributed by atoms with Gasteiger partial charge in [0.05, 0.1) is 11.1 Å². The van der Waals surface area contributed by atoms with E-state index in [2.05, 4.69) is 10.6 Å². The van der Waals surface area contributed by atoms with Gasteiger partial charge in [0.1, 0.15) is 17.2 Å². The van der Waals surface area contributed by atoms with Crippen LogP contribution in [0.1, 0.15) is 38.0 Å². The van der Waals surface area contributed by atoms with Crippen molar-refractivity contribution in [2.75, 3.05) is 5.32 Å². The maximum absolute atomic E-state index is 12.5. The molecule has 0 saturated heterocycles. The summed E-state index contributed by atoms with van der Waals surface area (Å²) in [5.41, 5.74) is 1.35. The number of esters is 1. The summed E-state index contributed by atoms with van der Waals surface area (Å²) >= 11 is 0. The predicted octanol–water partition coefficient (Wildman–Crippen LogP) is 3.54. The zero-order valence-electron chi connectivity index (χ0n) is 16.3. The lowest BCUT2D eigenvalue weighted by Gasteiger charge is -2.10. The highest BCUT2D eigenvalue weighted by Crippen LogP contribution is 2.28. The Kier molecular flexibility index (Phi) is 5.19. The van der Waals surface area contributed by atoms with Gasteiger partial charge in [0, 0.05) is 24.2 Å². The molecule has 154 valence electrons. The summed E-state index contributed by atoms with van der Waals surface area (Å²) < 4.78 is 10.8. The molecule has 0 bridgehead atoms. The van der Waals surface area contributed by atoms with Crippen LogP contribution < -0.4 is 20.1 Å². The molecule has 0 fully saturated rings. The molecule has 2 N–H and O–H groups in total. The molecule has 3 aromatic rings. The molecule has 0 radical (unpaired) electrons. The van der Waals surface area contributed by atoms with Crippen molar-refractivity contribution in [3.05, 3.63) is 83.4 Å². The van der Waals surface area contributed by atoms with Gasteiger partial charge in [-0.05, 0) is 48.5 Å². The third-order valence-electron chi connectivity index (χ3n) is 4.39. The molecule has 31 heavy (non-hydrogen) atoms. The second kappa shape index (κ2) is 8.11. The topological polar surface area (TPSA) is 111 Å². The summed E-state index contributed by atoms with van der Waals surface area (Å²) in [4.78, 5) is 47.1. The van der Waals surface area contributed by atoms with E-state index in [0.29, 0.717) is 28.3 Å². The van der Waals surface area contributed by atoms with Gasteiger partial charge >= 0.3 is 5.97 Å². The van der Waals surface area contributed by atoms with E-state index in [0.717, 1.165) is 0 Å². The number of imide groups is 1. The first-order valence-corrected chi connectivity index (χ1v) is 9.26. The lowest BCUT2D eigenvalue weighted by Crippen LogP contribution is -2.19. The second-order valence-corrected chi connectivity index (χ2v) is 6.70. The molecule has 1 aliphatic rings. The molecular weight excluding hydrogens is 400 g/mol. The van der Waals surface area contributed by atoms with E-state index >= 15 is 0 Å². The molecule has 8 heteroatoms. The lowest BCUT2D eigenvalue weighted by molar-refractivity contribution is -0.131. The maximum atomic E-state index is 12.5. The molecule has 3 amide bonds. The molecule has 1 heterocycles. The third-order valence-corrected chi connectivity index (χ3v) is 4.39. The fourth-order valence-electron chi connectivity index (χ4n) is 3.05. The maximum Gasteiger partial charge on any atom is 0.308 e.